The SMILES string of the molecule is CCC(CC=O)C(CC[Si](OC)(OC)OC)OC. The van der Waals surface area contributed by atoms with Crippen LogP contribution in [0.15, 0.2) is 0 Å². The van der Waals surface area contributed by atoms with Crippen LogP contribution >= 0.6 is 0 Å². The third-order valence-electron chi connectivity index (χ3n) is 3.42. The van der Waals surface area contributed by atoms with E-state index in [1.807, 2.05) is 0 Å². The minimum absolute atomic E-state index is 0.0347. The van der Waals surface area contributed by atoms with Gasteiger partial charge >= 0.3 is 8.80 Å². The molecule has 108 valence electrons. The van der Waals surface area contributed by atoms with Crippen molar-refractivity contribution in [2.75, 3.05) is 28.4 Å². The van der Waals surface area contributed by atoms with E-state index in [4.69, 9.17) is 18.0 Å². The average molecular weight is 278 g/mol. The van der Waals surface area contributed by atoms with E-state index in [0.717, 1.165) is 19.1 Å². The molecule has 0 saturated heterocycles. The zero-order chi connectivity index (χ0) is 14.0. The van der Waals surface area contributed by atoms with Crippen molar-refractivity contribution < 1.29 is 22.8 Å². The molecular weight excluding hydrogens is 252 g/mol. The Morgan fingerprint density at radius 3 is 2.00 bits per heavy atom. The lowest BCUT2D eigenvalue weighted by molar-refractivity contribution is -0.109. The fraction of sp³-hybridized carbons (Fsp3) is 0.917. The van der Waals surface area contributed by atoms with Crippen LogP contribution in [0.25, 0.3) is 0 Å². The van der Waals surface area contributed by atoms with Gasteiger partial charge in [0.25, 0.3) is 0 Å². The molecule has 0 aromatic heterocycles. The lowest BCUT2D eigenvalue weighted by atomic mass is 9.94. The van der Waals surface area contributed by atoms with Crippen LogP contribution in [-0.4, -0.2) is 49.6 Å². The lowest BCUT2D eigenvalue weighted by Gasteiger charge is -2.28. The fourth-order valence-electron chi connectivity index (χ4n) is 2.13. The summed E-state index contributed by atoms with van der Waals surface area (Å²) in [5.74, 6) is 0.241. The molecule has 0 rings (SSSR count). The van der Waals surface area contributed by atoms with Gasteiger partial charge in [-0.1, -0.05) is 13.3 Å². The van der Waals surface area contributed by atoms with E-state index >= 15 is 0 Å². The quantitative estimate of drug-likeness (QED) is 0.427. The number of carbonyl (C=O) groups excluding carboxylic acids is 1. The molecule has 0 aliphatic rings. The Hall–Kier alpha value is -0.273. The van der Waals surface area contributed by atoms with E-state index in [0.29, 0.717) is 12.5 Å². The van der Waals surface area contributed by atoms with Crippen molar-refractivity contribution in [1.29, 1.82) is 0 Å². The van der Waals surface area contributed by atoms with Crippen LogP contribution in [-0.2, 0) is 22.8 Å². The molecule has 5 nitrogen and oxygen atoms in total. The maximum atomic E-state index is 10.6. The van der Waals surface area contributed by atoms with Gasteiger partial charge in [0.1, 0.15) is 6.29 Å². The largest absolute Gasteiger partial charge is 0.500 e. The van der Waals surface area contributed by atoms with Gasteiger partial charge < -0.3 is 22.8 Å². The summed E-state index contributed by atoms with van der Waals surface area (Å²) in [6.45, 7) is 2.06. The predicted molar refractivity (Wildman–Crippen MR) is 71.5 cm³/mol. The molecule has 2 unspecified atom stereocenters. The molecule has 0 aliphatic heterocycles. The first-order valence-electron chi connectivity index (χ1n) is 6.24. The van der Waals surface area contributed by atoms with Gasteiger partial charge in [0.2, 0.25) is 0 Å². The standard InChI is InChI=1S/C12H26O5Si/c1-6-11(7-9-13)12(14-2)8-10-18(15-3,16-4)17-5/h9,11-12H,6-8,10H2,1-5H3. The molecule has 0 aliphatic carbocycles. The average Bonchev–Trinajstić information content (AvgIpc) is 2.43. The molecule has 0 aromatic rings. The first-order valence-corrected chi connectivity index (χ1v) is 8.18. The van der Waals surface area contributed by atoms with E-state index in [2.05, 4.69) is 6.92 Å². The highest BCUT2D eigenvalue weighted by Gasteiger charge is 2.38. The van der Waals surface area contributed by atoms with Crippen LogP contribution in [0.4, 0.5) is 0 Å². The maximum absolute atomic E-state index is 10.6. The van der Waals surface area contributed by atoms with Crippen LogP contribution in [0.1, 0.15) is 26.2 Å². The number of rotatable bonds is 11. The van der Waals surface area contributed by atoms with Gasteiger partial charge in [-0.25, -0.2) is 0 Å². The monoisotopic (exact) mass is 278 g/mol. The van der Waals surface area contributed by atoms with Gasteiger partial charge in [-0.3, -0.25) is 0 Å². The van der Waals surface area contributed by atoms with Crippen molar-refractivity contribution in [1.82, 2.24) is 0 Å². The second kappa shape index (κ2) is 9.63. The molecule has 0 N–H and O–H groups in total. The lowest BCUT2D eigenvalue weighted by Crippen LogP contribution is -2.43. The topological polar surface area (TPSA) is 54.0 Å². The molecule has 18 heavy (non-hydrogen) atoms. The van der Waals surface area contributed by atoms with E-state index in [-0.39, 0.29) is 12.0 Å². The molecular formula is C12H26O5Si. The zero-order valence-corrected chi connectivity index (χ0v) is 13.1. The van der Waals surface area contributed by atoms with Crippen LogP contribution in [0.2, 0.25) is 6.04 Å². The molecule has 2 atom stereocenters. The molecule has 0 amide bonds. The Morgan fingerprint density at radius 2 is 1.67 bits per heavy atom. The summed E-state index contributed by atoms with van der Waals surface area (Å²) < 4.78 is 21.6. The molecule has 0 fully saturated rings. The smallest absolute Gasteiger partial charge is 0.381 e. The summed E-state index contributed by atoms with van der Waals surface area (Å²) in [5.41, 5.74) is 0. The highest BCUT2D eigenvalue weighted by molar-refractivity contribution is 6.60. The highest BCUT2D eigenvalue weighted by Crippen LogP contribution is 2.24. The summed E-state index contributed by atoms with van der Waals surface area (Å²) in [6, 6.07) is 0.685. The first kappa shape index (κ1) is 17.7. The van der Waals surface area contributed by atoms with Gasteiger partial charge in [0.05, 0.1) is 6.10 Å². The second-order valence-corrected chi connectivity index (χ2v) is 7.27. The predicted octanol–water partition coefficient (Wildman–Crippen LogP) is 1.88. The van der Waals surface area contributed by atoms with Crippen LogP contribution in [0.3, 0.4) is 0 Å². The third-order valence-corrected chi connectivity index (χ3v) is 6.19. The number of aldehydes is 1. The number of carbonyl (C=O) groups is 1. The van der Waals surface area contributed by atoms with Gasteiger partial charge in [-0.15, -0.1) is 0 Å². The Kier molecular flexibility index (Phi) is 9.48. The summed E-state index contributed by atoms with van der Waals surface area (Å²) >= 11 is 0. The summed E-state index contributed by atoms with van der Waals surface area (Å²) in [5, 5.41) is 0. The summed E-state index contributed by atoms with van der Waals surface area (Å²) in [4.78, 5) is 10.6. The Bertz CT molecular complexity index is 212. The first-order chi connectivity index (χ1) is 8.62. The molecule has 0 radical (unpaired) electrons. The van der Waals surface area contributed by atoms with Crippen molar-refractivity contribution in [2.45, 2.75) is 38.3 Å². The molecule has 0 spiro atoms. The second-order valence-electron chi connectivity index (χ2n) is 4.18. The van der Waals surface area contributed by atoms with Gasteiger partial charge in [-0.2, -0.15) is 0 Å². The van der Waals surface area contributed by atoms with Gasteiger partial charge in [0.15, 0.2) is 0 Å². The van der Waals surface area contributed by atoms with E-state index in [1.165, 1.54) is 0 Å². The third kappa shape index (κ3) is 5.15. The van der Waals surface area contributed by atoms with Crippen molar-refractivity contribution in [3.63, 3.8) is 0 Å². The number of hydrogen-bond acceptors (Lipinski definition) is 5. The van der Waals surface area contributed by atoms with Crippen LogP contribution in [0.5, 0.6) is 0 Å². The minimum Gasteiger partial charge on any atom is -0.381 e. The number of methoxy groups -OCH3 is 1. The van der Waals surface area contributed by atoms with Crippen molar-refractivity contribution in [3.05, 3.63) is 0 Å². The Labute approximate surface area is 111 Å². The molecule has 0 heterocycles. The molecule has 0 aromatic carbocycles. The Balaban J connectivity index is 4.48. The number of ether oxygens (including phenoxy) is 1. The fourth-order valence-corrected chi connectivity index (χ4v) is 3.88. The van der Waals surface area contributed by atoms with Gasteiger partial charge in [0, 0.05) is 40.9 Å². The van der Waals surface area contributed by atoms with Crippen molar-refractivity contribution in [3.8, 4) is 0 Å². The highest BCUT2D eigenvalue weighted by atomic mass is 28.4. The zero-order valence-electron chi connectivity index (χ0n) is 12.1. The maximum Gasteiger partial charge on any atom is 0.500 e. The molecule has 0 saturated carbocycles. The van der Waals surface area contributed by atoms with Crippen molar-refractivity contribution in [2.24, 2.45) is 5.92 Å². The van der Waals surface area contributed by atoms with Crippen LogP contribution in [0, 0.1) is 5.92 Å². The summed E-state index contributed by atoms with van der Waals surface area (Å²) in [6.07, 6.45) is 3.20. The van der Waals surface area contributed by atoms with Gasteiger partial charge in [-0.05, 0) is 12.3 Å². The van der Waals surface area contributed by atoms with E-state index in [1.54, 1.807) is 28.4 Å². The summed E-state index contributed by atoms with van der Waals surface area (Å²) in [7, 11) is 3.93. The van der Waals surface area contributed by atoms with Crippen LogP contribution < -0.4 is 0 Å². The van der Waals surface area contributed by atoms with E-state index in [9.17, 15) is 4.79 Å². The minimum atomic E-state index is -2.55. The molecule has 6 heteroatoms. The molecule has 0 bridgehead atoms. The number of hydrogen-bond donors (Lipinski definition) is 0. The Morgan fingerprint density at radius 1 is 1.11 bits per heavy atom. The normalized spacial score (nSPS) is 15.4. The van der Waals surface area contributed by atoms with E-state index < -0.39 is 8.80 Å². The van der Waals surface area contributed by atoms with Crippen molar-refractivity contribution >= 4 is 15.1 Å².